The molecule has 0 aliphatic heterocycles. The Labute approximate surface area is 110 Å². The van der Waals surface area contributed by atoms with Gasteiger partial charge in [-0.05, 0) is 18.2 Å². The minimum atomic E-state index is -4.49. The molecule has 0 aliphatic carbocycles. The van der Waals surface area contributed by atoms with Crippen LogP contribution in [0.15, 0.2) is 22.7 Å². The Balaban J connectivity index is 3.06. The minimum Gasteiger partial charge on any atom is -0.468 e. The lowest BCUT2D eigenvalue weighted by Crippen LogP contribution is -2.07. The van der Waals surface area contributed by atoms with E-state index in [-0.39, 0.29) is 12.0 Å². The summed E-state index contributed by atoms with van der Waals surface area (Å²) in [5.74, 6) is 4.08. The van der Waals surface area contributed by atoms with E-state index in [1.165, 1.54) is 19.2 Å². The number of ether oxygens (including phenoxy) is 1. The van der Waals surface area contributed by atoms with Crippen LogP contribution in [0.5, 0.6) is 0 Å². The number of halogens is 4. The summed E-state index contributed by atoms with van der Waals surface area (Å²) in [6.45, 7) is 0. The Hall–Kier alpha value is -1.48. The van der Waals surface area contributed by atoms with Gasteiger partial charge in [0, 0.05) is 10.0 Å². The van der Waals surface area contributed by atoms with E-state index in [4.69, 9.17) is 0 Å². The lowest BCUT2D eigenvalue weighted by Gasteiger charge is -2.09. The van der Waals surface area contributed by atoms with E-state index < -0.39 is 17.7 Å². The average molecular weight is 321 g/mol. The summed E-state index contributed by atoms with van der Waals surface area (Å²) in [5.41, 5.74) is -1.01. The van der Waals surface area contributed by atoms with Crippen LogP contribution in [0.2, 0.25) is 0 Å². The fourth-order valence-electron chi connectivity index (χ4n) is 1.14. The molecule has 0 N–H and O–H groups in total. The maximum Gasteiger partial charge on any atom is 0.417 e. The van der Waals surface area contributed by atoms with Crippen LogP contribution in [0.4, 0.5) is 13.2 Å². The molecule has 1 aromatic rings. The van der Waals surface area contributed by atoms with Gasteiger partial charge >= 0.3 is 12.1 Å². The number of hydrogen-bond donors (Lipinski definition) is 0. The van der Waals surface area contributed by atoms with Crippen molar-refractivity contribution in [2.24, 2.45) is 0 Å². The van der Waals surface area contributed by atoms with Gasteiger partial charge in [0.05, 0.1) is 12.7 Å². The van der Waals surface area contributed by atoms with Crippen LogP contribution < -0.4 is 0 Å². The molecule has 0 saturated heterocycles. The number of esters is 1. The van der Waals surface area contributed by atoms with E-state index in [2.05, 4.69) is 32.5 Å². The molecule has 0 heterocycles. The van der Waals surface area contributed by atoms with Crippen LogP contribution in [-0.4, -0.2) is 13.1 Å². The van der Waals surface area contributed by atoms with Crippen molar-refractivity contribution in [3.05, 3.63) is 33.8 Å². The molecule has 0 bridgehead atoms. The number of hydrogen-bond acceptors (Lipinski definition) is 2. The molecule has 0 fully saturated rings. The standard InChI is InChI=1S/C12H8BrF3O2/c1-18-11(17)4-2-3-8-5-6-9(13)7-10(8)12(14,15)16/h5-7H,4H2,1H3. The van der Waals surface area contributed by atoms with Crippen molar-refractivity contribution in [1.29, 1.82) is 0 Å². The molecule has 18 heavy (non-hydrogen) atoms. The van der Waals surface area contributed by atoms with Crippen molar-refractivity contribution in [3.8, 4) is 11.8 Å². The number of benzene rings is 1. The molecule has 0 spiro atoms. The summed E-state index contributed by atoms with van der Waals surface area (Å²) in [6.07, 6.45) is -4.73. The number of alkyl halides is 3. The highest BCUT2D eigenvalue weighted by atomic mass is 79.9. The molecule has 0 unspecified atom stereocenters. The van der Waals surface area contributed by atoms with Gasteiger partial charge < -0.3 is 4.74 Å². The summed E-state index contributed by atoms with van der Waals surface area (Å²) in [6, 6.07) is 3.65. The molecule has 2 nitrogen and oxygen atoms in total. The monoisotopic (exact) mass is 320 g/mol. The highest BCUT2D eigenvalue weighted by Gasteiger charge is 2.33. The third kappa shape index (κ3) is 4.08. The van der Waals surface area contributed by atoms with Gasteiger partial charge in [-0.3, -0.25) is 4.79 Å². The van der Waals surface area contributed by atoms with E-state index >= 15 is 0 Å². The van der Waals surface area contributed by atoms with E-state index in [9.17, 15) is 18.0 Å². The predicted octanol–water partition coefficient (Wildman–Crippen LogP) is 3.38. The first-order chi connectivity index (χ1) is 8.34. The van der Waals surface area contributed by atoms with Crippen LogP contribution in [0.25, 0.3) is 0 Å². The van der Waals surface area contributed by atoms with E-state index in [0.29, 0.717) is 4.47 Å². The first kappa shape index (κ1) is 14.6. The minimum absolute atomic E-state index is 0.172. The Kier molecular flexibility index (Phi) is 4.79. The van der Waals surface area contributed by atoms with Gasteiger partial charge in [-0.15, -0.1) is 0 Å². The van der Waals surface area contributed by atoms with E-state index in [1.807, 2.05) is 0 Å². The van der Waals surface area contributed by atoms with Gasteiger partial charge in [-0.2, -0.15) is 13.2 Å². The normalized spacial score (nSPS) is 10.5. The first-order valence-electron chi connectivity index (χ1n) is 4.77. The third-order valence-electron chi connectivity index (χ3n) is 1.97. The lowest BCUT2D eigenvalue weighted by atomic mass is 10.1. The van der Waals surface area contributed by atoms with Crippen molar-refractivity contribution in [2.45, 2.75) is 12.6 Å². The zero-order valence-corrected chi connectivity index (χ0v) is 10.9. The molecule has 1 aromatic carbocycles. The zero-order valence-electron chi connectivity index (χ0n) is 9.27. The van der Waals surface area contributed by atoms with E-state index in [0.717, 1.165) is 6.07 Å². The molecule has 0 aliphatic rings. The molecule has 96 valence electrons. The van der Waals surface area contributed by atoms with Crippen molar-refractivity contribution >= 4 is 21.9 Å². The number of methoxy groups -OCH3 is 1. The highest BCUT2D eigenvalue weighted by Crippen LogP contribution is 2.33. The number of rotatable bonds is 1. The lowest BCUT2D eigenvalue weighted by molar-refractivity contribution is -0.139. The molecular formula is C12H8BrF3O2. The molecule has 0 atom stereocenters. The van der Waals surface area contributed by atoms with Crippen LogP contribution in [0.3, 0.4) is 0 Å². The Morgan fingerprint density at radius 1 is 1.44 bits per heavy atom. The zero-order chi connectivity index (χ0) is 13.8. The molecular weight excluding hydrogens is 313 g/mol. The molecule has 6 heteroatoms. The Morgan fingerprint density at radius 3 is 2.67 bits per heavy atom. The first-order valence-corrected chi connectivity index (χ1v) is 5.56. The van der Waals surface area contributed by atoms with Crippen molar-refractivity contribution in [1.82, 2.24) is 0 Å². The van der Waals surface area contributed by atoms with Crippen molar-refractivity contribution in [2.75, 3.05) is 7.11 Å². The second-order valence-electron chi connectivity index (χ2n) is 3.24. The third-order valence-corrected chi connectivity index (χ3v) is 2.46. The van der Waals surface area contributed by atoms with Crippen molar-refractivity contribution in [3.63, 3.8) is 0 Å². The number of carbonyl (C=O) groups excluding carboxylic acids is 1. The smallest absolute Gasteiger partial charge is 0.417 e. The average Bonchev–Trinajstić information content (AvgIpc) is 2.29. The molecule has 0 saturated carbocycles. The largest absolute Gasteiger partial charge is 0.468 e. The molecule has 0 radical (unpaired) electrons. The topological polar surface area (TPSA) is 26.3 Å². The van der Waals surface area contributed by atoms with Gasteiger partial charge in [-0.1, -0.05) is 27.8 Å². The summed E-state index contributed by atoms with van der Waals surface area (Å²) < 4.78 is 42.7. The van der Waals surface area contributed by atoms with Crippen LogP contribution in [0, 0.1) is 11.8 Å². The van der Waals surface area contributed by atoms with Gasteiger partial charge in [0.25, 0.3) is 0 Å². The van der Waals surface area contributed by atoms with Crippen LogP contribution >= 0.6 is 15.9 Å². The summed E-state index contributed by atoms with van der Waals surface area (Å²) in [5, 5.41) is 0. The fraction of sp³-hybridized carbons (Fsp3) is 0.250. The number of carbonyl (C=O) groups is 1. The fourth-order valence-corrected chi connectivity index (χ4v) is 1.50. The van der Waals surface area contributed by atoms with Crippen molar-refractivity contribution < 1.29 is 22.7 Å². The maximum absolute atomic E-state index is 12.7. The van der Waals surface area contributed by atoms with Crippen LogP contribution in [-0.2, 0) is 15.7 Å². The summed E-state index contributed by atoms with van der Waals surface area (Å²) in [4.78, 5) is 10.8. The second kappa shape index (κ2) is 5.91. The second-order valence-corrected chi connectivity index (χ2v) is 4.16. The van der Waals surface area contributed by atoms with Gasteiger partial charge in [0.15, 0.2) is 0 Å². The molecule has 1 rings (SSSR count). The highest BCUT2D eigenvalue weighted by molar-refractivity contribution is 9.10. The maximum atomic E-state index is 12.7. The quantitative estimate of drug-likeness (QED) is 0.585. The van der Waals surface area contributed by atoms with Gasteiger partial charge in [-0.25, -0.2) is 0 Å². The van der Waals surface area contributed by atoms with E-state index in [1.54, 1.807) is 0 Å². The molecule has 0 amide bonds. The van der Waals surface area contributed by atoms with Gasteiger partial charge in [0.2, 0.25) is 0 Å². The predicted molar refractivity (Wildman–Crippen MR) is 62.7 cm³/mol. The van der Waals surface area contributed by atoms with Crippen LogP contribution in [0.1, 0.15) is 17.5 Å². The summed E-state index contributed by atoms with van der Waals surface area (Å²) >= 11 is 2.97. The summed E-state index contributed by atoms with van der Waals surface area (Å²) in [7, 11) is 1.19. The SMILES string of the molecule is COC(=O)CC#Cc1ccc(Br)cc1C(F)(F)F. The Morgan fingerprint density at radius 2 is 2.11 bits per heavy atom. The Bertz CT molecular complexity index is 512. The molecule has 0 aromatic heterocycles. The van der Waals surface area contributed by atoms with Gasteiger partial charge in [0.1, 0.15) is 6.42 Å².